The highest BCUT2D eigenvalue weighted by Crippen LogP contribution is 2.25. The van der Waals surface area contributed by atoms with Crippen molar-refractivity contribution < 1.29 is 13.2 Å². The third-order valence-electron chi connectivity index (χ3n) is 4.14. The Hall–Kier alpha value is -1.56. The smallest absolute Gasteiger partial charge is 0.251 e. The van der Waals surface area contributed by atoms with E-state index in [-0.39, 0.29) is 23.1 Å². The molecule has 1 fully saturated rings. The molecule has 1 N–H and O–H groups in total. The lowest BCUT2D eigenvalue weighted by molar-refractivity contribution is 0.0910. The number of anilines is 1. The standard InChI is InChI=1S/C16H24N2O3S/c1-12(16(2,3)4)17-15(19)13-7-5-8-14(11-13)18-9-6-10-22(18,20)21/h5,7-8,11-12H,6,9-10H2,1-4H3,(H,17,19)/t12-/m0/s1. The van der Waals surface area contributed by atoms with Crippen molar-refractivity contribution in [2.24, 2.45) is 5.41 Å². The second-order valence-electron chi connectivity index (χ2n) is 6.85. The zero-order chi connectivity index (χ0) is 16.5. The highest BCUT2D eigenvalue weighted by atomic mass is 32.2. The molecular weight excluding hydrogens is 300 g/mol. The molecule has 5 nitrogen and oxygen atoms in total. The van der Waals surface area contributed by atoms with Crippen LogP contribution in [0.3, 0.4) is 0 Å². The fourth-order valence-corrected chi connectivity index (χ4v) is 3.78. The number of nitrogens with zero attached hydrogens (tertiary/aromatic N) is 1. The van der Waals surface area contributed by atoms with Crippen molar-refractivity contribution >= 4 is 21.6 Å². The number of carbonyl (C=O) groups excluding carboxylic acids is 1. The predicted octanol–water partition coefficient (Wildman–Crippen LogP) is 2.39. The molecule has 0 aliphatic carbocycles. The zero-order valence-electron chi connectivity index (χ0n) is 13.6. The summed E-state index contributed by atoms with van der Waals surface area (Å²) in [5.74, 6) is -0.00864. The number of hydrogen-bond donors (Lipinski definition) is 1. The average Bonchev–Trinajstić information content (AvgIpc) is 2.77. The molecule has 1 heterocycles. The van der Waals surface area contributed by atoms with Crippen LogP contribution in [0.15, 0.2) is 24.3 Å². The Morgan fingerprint density at radius 2 is 2.00 bits per heavy atom. The van der Waals surface area contributed by atoms with Crippen molar-refractivity contribution in [1.29, 1.82) is 0 Å². The molecule has 1 saturated heterocycles. The Labute approximate surface area is 132 Å². The van der Waals surface area contributed by atoms with E-state index in [1.165, 1.54) is 4.31 Å². The molecule has 1 amide bonds. The van der Waals surface area contributed by atoms with Crippen LogP contribution in [-0.4, -0.2) is 32.7 Å². The first-order valence-electron chi connectivity index (χ1n) is 7.52. The number of amides is 1. The Kier molecular flexibility index (Phi) is 4.52. The predicted molar refractivity (Wildman–Crippen MR) is 88.6 cm³/mol. The Morgan fingerprint density at radius 3 is 2.55 bits per heavy atom. The first-order valence-corrected chi connectivity index (χ1v) is 9.13. The molecule has 122 valence electrons. The minimum absolute atomic E-state index is 0.0131. The quantitative estimate of drug-likeness (QED) is 0.928. The number of sulfonamides is 1. The largest absolute Gasteiger partial charge is 0.349 e. The second-order valence-corrected chi connectivity index (χ2v) is 8.87. The maximum Gasteiger partial charge on any atom is 0.251 e. The van der Waals surface area contributed by atoms with Gasteiger partial charge in [0.15, 0.2) is 0 Å². The Bertz CT molecular complexity index is 662. The van der Waals surface area contributed by atoms with Gasteiger partial charge in [-0.1, -0.05) is 26.8 Å². The Balaban J connectivity index is 2.20. The van der Waals surface area contributed by atoms with Gasteiger partial charge in [0.2, 0.25) is 10.0 Å². The molecule has 22 heavy (non-hydrogen) atoms. The van der Waals surface area contributed by atoms with Gasteiger partial charge in [-0.2, -0.15) is 0 Å². The van der Waals surface area contributed by atoms with Crippen LogP contribution in [0.1, 0.15) is 44.5 Å². The summed E-state index contributed by atoms with van der Waals surface area (Å²) in [7, 11) is -3.23. The number of carbonyl (C=O) groups is 1. The van der Waals surface area contributed by atoms with Crippen LogP contribution in [0.5, 0.6) is 0 Å². The van der Waals surface area contributed by atoms with Crippen LogP contribution >= 0.6 is 0 Å². The van der Waals surface area contributed by atoms with E-state index in [0.29, 0.717) is 24.2 Å². The second kappa shape index (κ2) is 5.91. The van der Waals surface area contributed by atoms with Gasteiger partial charge in [-0.25, -0.2) is 8.42 Å². The fourth-order valence-electron chi connectivity index (χ4n) is 2.23. The topological polar surface area (TPSA) is 66.5 Å². The highest BCUT2D eigenvalue weighted by Gasteiger charge is 2.29. The molecule has 0 bridgehead atoms. The molecule has 0 spiro atoms. The number of rotatable bonds is 3. The van der Waals surface area contributed by atoms with E-state index < -0.39 is 10.0 Å². The summed E-state index contributed by atoms with van der Waals surface area (Å²) >= 11 is 0. The summed E-state index contributed by atoms with van der Waals surface area (Å²) in [6.07, 6.45) is 0.625. The van der Waals surface area contributed by atoms with Gasteiger partial charge in [-0.15, -0.1) is 0 Å². The normalized spacial score (nSPS) is 19.0. The summed E-state index contributed by atoms with van der Waals surface area (Å²) < 4.78 is 25.3. The van der Waals surface area contributed by atoms with E-state index in [0.717, 1.165) is 0 Å². The van der Waals surface area contributed by atoms with Crippen molar-refractivity contribution in [3.8, 4) is 0 Å². The summed E-state index contributed by atoms with van der Waals surface area (Å²) in [6.45, 7) is 8.63. The van der Waals surface area contributed by atoms with E-state index in [2.05, 4.69) is 26.1 Å². The summed E-state index contributed by atoms with van der Waals surface area (Å²) in [5.41, 5.74) is 1.01. The van der Waals surface area contributed by atoms with Gasteiger partial charge in [0.1, 0.15) is 0 Å². The maximum absolute atomic E-state index is 12.4. The first-order chi connectivity index (χ1) is 10.1. The molecule has 1 atom stereocenters. The minimum atomic E-state index is -3.23. The van der Waals surface area contributed by atoms with E-state index in [4.69, 9.17) is 0 Å². The van der Waals surface area contributed by atoms with E-state index in [9.17, 15) is 13.2 Å². The SMILES string of the molecule is C[C@H](NC(=O)c1cccc(N2CCCS2(=O)=O)c1)C(C)(C)C. The van der Waals surface area contributed by atoms with Crippen LogP contribution in [0.25, 0.3) is 0 Å². The highest BCUT2D eigenvalue weighted by molar-refractivity contribution is 7.93. The van der Waals surface area contributed by atoms with Crippen molar-refractivity contribution in [3.05, 3.63) is 29.8 Å². The van der Waals surface area contributed by atoms with E-state index in [1.807, 2.05) is 6.92 Å². The van der Waals surface area contributed by atoms with E-state index in [1.54, 1.807) is 24.3 Å². The van der Waals surface area contributed by atoms with Gasteiger partial charge in [0.25, 0.3) is 5.91 Å². The number of nitrogens with one attached hydrogen (secondary N) is 1. The van der Waals surface area contributed by atoms with Crippen LogP contribution in [0, 0.1) is 5.41 Å². The van der Waals surface area contributed by atoms with Crippen LogP contribution in [0.4, 0.5) is 5.69 Å². The Morgan fingerprint density at radius 1 is 1.32 bits per heavy atom. The lowest BCUT2D eigenvalue weighted by Gasteiger charge is -2.28. The lowest BCUT2D eigenvalue weighted by atomic mass is 9.88. The lowest BCUT2D eigenvalue weighted by Crippen LogP contribution is -2.41. The molecule has 1 aromatic carbocycles. The van der Waals surface area contributed by atoms with Gasteiger partial charge in [-0.05, 0) is 37.0 Å². The monoisotopic (exact) mass is 324 g/mol. The molecule has 1 aliphatic rings. The fraction of sp³-hybridized carbons (Fsp3) is 0.562. The molecule has 0 aromatic heterocycles. The summed E-state index contributed by atoms with van der Waals surface area (Å²) in [6, 6.07) is 6.82. The minimum Gasteiger partial charge on any atom is -0.349 e. The number of benzene rings is 1. The molecule has 1 aromatic rings. The van der Waals surface area contributed by atoms with Gasteiger partial charge in [0, 0.05) is 18.2 Å². The molecule has 0 saturated carbocycles. The molecule has 1 aliphatic heterocycles. The van der Waals surface area contributed by atoms with Gasteiger partial charge in [-0.3, -0.25) is 9.10 Å². The molecule has 0 unspecified atom stereocenters. The molecule has 2 rings (SSSR count). The number of hydrogen-bond acceptors (Lipinski definition) is 3. The van der Waals surface area contributed by atoms with Crippen molar-refractivity contribution in [1.82, 2.24) is 5.32 Å². The van der Waals surface area contributed by atoms with Crippen LogP contribution in [0.2, 0.25) is 0 Å². The molecular formula is C16H24N2O3S. The van der Waals surface area contributed by atoms with E-state index >= 15 is 0 Å². The van der Waals surface area contributed by atoms with Gasteiger partial charge in [0.05, 0.1) is 11.4 Å². The van der Waals surface area contributed by atoms with Crippen molar-refractivity contribution in [2.45, 2.75) is 40.2 Å². The molecule has 0 radical (unpaired) electrons. The van der Waals surface area contributed by atoms with Crippen molar-refractivity contribution in [3.63, 3.8) is 0 Å². The maximum atomic E-state index is 12.4. The van der Waals surface area contributed by atoms with Gasteiger partial charge < -0.3 is 5.32 Å². The first kappa shape index (κ1) is 16.8. The van der Waals surface area contributed by atoms with Crippen LogP contribution in [-0.2, 0) is 10.0 Å². The summed E-state index contributed by atoms with van der Waals surface area (Å²) in [4.78, 5) is 12.4. The summed E-state index contributed by atoms with van der Waals surface area (Å²) in [5, 5.41) is 2.97. The zero-order valence-corrected chi connectivity index (χ0v) is 14.4. The van der Waals surface area contributed by atoms with Crippen molar-refractivity contribution in [2.75, 3.05) is 16.6 Å². The van der Waals surface area contributed by atoms with Gasteiger partial charge >= 0.3 is 0 Å². The van der Waals surface area contributed by atoms with Crippen LogP contribution < -0.4 is 9.62 Å². The third kappa shape index (κ3) is 3.61. The third-order valence-corrected chi connectivity index (χ3v) is 6.01. The molecule has 6 heteroatoms. The average molecular weight is 324 g/mol.